The van der Waals surface area contributed by atoms with Gasteiger partial charge < -0.3 is 5.73 Å². The van der Waals surface area contributed by atoms with Gasteiger partial charge in [0.25, 0.3) is 0 Å². The van der Waals surface area contributed by atoms with Crippen LogP contribution in [-0.2, 0) is 12.0 Å². The lowest BCUT2D eigenvalue weighted by Gasteiger charge is -2.13. The second-order valence-corrected chi connectivity index (χ2v) is 3.91. The van der Waals surface area contributed by atoms with Gasteiger partial charge in [-0.25, -0.2) is 8.78 Å². The highest BCUT2D eigenvalue weighted by molar-refractivity contribution is 5.36. The van der Waals surface area contributed by atoms with Gasteiger partial charge in [-0.1, -0.05) is 13.0 Å². The van der Waals surface area contributed by atoms with Gasteiger partial charge in [0.1, 0.15) is 11.6 Å². The summed E-state index contributed by atoms with van der Waals surface area (Å²) in [6.45, 7) is 1.84. The summed E-state index contributed by atoms with van der Waals surface area (Å²) >= 11 is 0. The summed E-state index contributed by atoms with van der Waals surface area (Å²) in [4.78, 5) is 0. The Morgan fingerprint density at radius 3 is 2.50 bits per heavy atom. The zero-order valence-corrected chi connectivity index (χ0v) is 8.11. The van der Waals surface area contributed by atoms with E-state index in [9.17, 15) is 8.78 Å². The van der Waals surface area contributed by atoms with Crippen LogP contribution < -0.4 is 5.73 Å². The molecule has 1 fully saturated rings. The van der Waals surface area contributed by atoms with Gasteiger partial charge in [-0.3, -0.25) is 0 Å². The average molecular weight is 197 g/mol. The zero-order valence-electron chi connectivity index (χ0n) is 8.11. The molecule has 0 bridgehead atoms. The molecule has 0 radical (unpaired) electrons. The number of aryl methyl sites for hydroxylation is 1. The molecule has 0 heterocycles. The molecule has 14 heavy (non-hydrogen) atoms. The average Bonchev–Trinajstić information content (AvgIpc) is 2.85. The van der Waals surface area contributed by atoms with E-state index < -0.39 is 17.2 Å². The van der Waals surface area contributed by atoms with Crippen LogP contribution >= 0.6 is 0 Å². The molecule has 1 nitrogen and oxygen atoms in total. The Bertz CT molecular complexity index is 370. The van der Waals surface area contributed by atoms with Crippen molar-refractivity contribution in [3.8, 4) is 0 Å². The summed E-state index contributed by atoms with van der Waals surface area (Å²) in [5.41, 5.74) is 5.70. The first-order valence-electron chi connectivity index (χ1n) is 4.85. The number of nitrogens with two attached hydrogens (primary N) is 1. The lowest BCUT2D eigenvalue weighted by molar-refractivity contribution is 0.513. The Hall–Kier alpha value is -0.960. The Morgan fingerprint density at radius 2 is 2.00 bits per heavy atom. The molecule has 1 aromatic carbocycles. The quantitative estimate of drug-likeness (QED) is 0.774. The molecular formula is C11H13F2N. The van der Waals surface area contributed by atoms with E-state index in [1.54, 1.807) is 0 Å². The van der Waals surface area contributed by atoms with Crippen molar-refractivity contribution in [3.63, 3.8) is 0 Å². The van der Waals surface area contributed by atoms with Gasteiger partial charge >= 0.3 is 0 Å². The Balaban J connectivity index is 2.56. The lowest BCUT2D eigenvalue weighted by Crippen LogP contribution is -2.23. The fraction of sp³-hybridized carbons (Fsp3) is 0.455. The molecule has 2 N–H and O–H groups in total. The summed E-state index contributed by atoms with van der Waals surface area (Å²) < 4.78 is 27.1. The van der Waals surface area contributed by atoms with Crippen molar-refractivity contribution < 1.29 is 8.78 Å². The van der Waals surface area contributed by atoms with Crippen LogP contribution in [0.2, 0.25) is 0 Å². The highest BCUT2D eigenvalue weighted by Crippen LogP contribution is 2.45. The van der Waals surface area contributed by atoms with Crippen molar-refractivity contribution in [2.75, 3.05) is 0 Å². The van der Waals surface area contributed by atoms with Crippen molar-refractivity contribution in [1.29, 1.82) is 0 Å². The maximum absolute atomic E-state index is 13.7. The summed E-state index contributed by atoms with van der Waals surface area (Å²) in [5.74, 6) is -0.966. The second kappa shape index (κ2) is 3.02. The van der Waals surface area contributed by atoms with Crippen LogP contribution in [0.15, 0.2) is 12.1 Å². The number of halogens is 2. The third-order valence-electron chi connectivity index (χ3n) is 2.84. The maximum atomic E-state index is 13.7. The fourth-order valence-electron chi connectivity index (χ4n) is 1.71. The minimum Gasteiger partial charge on any atom is -0.321 e. The van der Waals surface area contributed by atoms with Gasteiger partial charge in [0.2, 0.25) is 0 Å². The predicted octanol–water partition coefficient (Wildman–Crippen LogP) is 2.48. The molecule has 1 saturated carbocycles. The van der Waals surface area contributed by atoms with Crippen LogP contribution in [0.1, 0.15) is 30.9 Å². The van der Waals surface area contributed by atoms with Crippen LogP contribution in [0, 0.1) is 11.6 Å². The molecule has 0 spiro atoms. The minimum absolute atomic E-state index is 0.0804. The van der Waals surface area contributed by atoms with E-state index in [1.165, 1.54) is 12.1 Å². The molecular weight excluding hydrogens is 184 g/mol. The molecule has 0 amide bonds. The molecule has 0 aliphatic heterocycles. The van der Waals surface area contributed by atoms with Gasteiger partial charge in [0.05, 0.1) is 0 Å². The van der Waals surface area contributed by atoms with E-state index in [-0.39, 0.29) is 5.56 Å². The van der Waals surface area contributed by atoms with Gasteiger partial charge in [-0.05, 0) is 30.9 Å². The van der Waals surface area contributed by atoms with E-state index in [1.807, 2.05) is 6.92 Å². The van der Waals surface area contributed by atoms with E-state index >= 15 is 0 Å². The first kappa shape index (κ1) is 9.59. The van der Waals surface area contributed by atoms with Crippen molar-refractivity contribution in [3.05, 3.63) is 34.9 Å². The highest BCUT2D eigenvalue weighted by Gasteiger charge is 2.44. The molecule has 0 saturated heterocycles. The lowest BCUT2D eigenvalue weighted by atomic mass is 10.00. The van der Waals surface area contributed by atoms with E-state index in [2.05, 4.69) is 0 Å². The largest absolute Gasteiger partial charge is 0.321 e. The third-order valence-corrected chi connectivity index (χ3v) is 2.84. The minimum atomic E-state index is -0.737. The monoisotopic (exact) mass is 197 g/mol. The Labute approximate surface area is 81.9 Å². The number of rotatable bonds is 2. The molecule has 1 aromatic rings. The molecule has 0 atom stereocenters. The standard InChI is InChI=1S/C11H13F2N/c1-2-7-3-4-8(12)9(10(7)13)11(14)5-6-11/h3-4H,2,5-6,14H2,1H3. The summed E-state index contributed by atoms with van der Waals surface area (Å²) in [6, 6.07) is 2.80. The Kier molecular flexibility index (Phi) is 2.07. The fourth-order valence-corrected chi connectivity index (χ4v) is 1.71. The first-order chi connectivity index (χ1) is 6.58. The van der Waals surface area contributed by atoms with Crippen molar-refractivity contribution in [1.82, 2.24) is 0 Å². The van der Waals surface area contributed by atoms with Crippen LogP contribution in [0.25, 0.3) is 0 Å². The number of hydrogen-bond donors (Lipinski definition) is 1. The maximum Gasteiger partial charge on any atom is 0.134 e. The molecule has 1 aliphatic carbocycles. The van der Waals surface area contributed by atoms with E-state index in [0.29, 0.717) is 24.8 Å². The van der Waals surface area contributed by atoms with Crippen molar-refractivity contribution >= 4 is 0 Å². The van der Waals surface area contributed by atoms with Gasteiger partial charge in [-0.2, -0.15) is 0 Å². The van der Waals surface area contributed by atoms with Crippen LogP contribution in [0.4, 0.5) is 8.78 Å². The summed E-state index contributed by atoms with van der Waals surface area (Å²) in [5, 5.41) is 0. The van der Waals surface area contributed by atoms with Gasteiger partial charge in [-0.15, -0.1) is 0 Å². The predicted molar refractivity (Wildman–Crippen MR) is 50.8 cm³/mol. The van der Waals surface area contributed by atoms with E-state index in [0.717, 1.165) is 0 Å². The van der Waals surface area contributed by atoms with Crippen LogP contribution in [-0.4, -0.2) is 0 Å². The summed E-state index contributed by atoms with van der Waals surface area (Å²) in [7, 11) is 0. The van der Waals surface area contributed by atoms with Gasteiger partial charge in [0.15, 0.2) is 0 Å². The topological polar surface area (TPSA) is 26.0 Å². The SMILES string of the molecule is CCc1ccc(F)c(C2(N)CC2)c1F. The summed E-state index contributed by atoms with van der Waals surface area (Å²) in [6.07, 6.45) is 1.91. The molecule has 0 unspecified atom stereocenters. The van der Waals surface area contributed by atoms with Gasteiger partial charge in [0, 0.05) is 11.1 Å². The molecule has 1 aliphatic rings. The second-order valence-electron chi connectivity index (χ2n) is 3.91. The van der Waals surface area contributed by atoms with E-state index in [4.69, 9.17) is 5.73 Å². The normalized spacial score (nSPS) is 18.3. The third kappa shape index (κ3) is 1.32. The Morgan fingerprint density at radius 1 is 1.36 bits per heavy atom. The van der Waals surface area contributed by atoms with Crippen LogP contribution in [0.3, 0.4) is 0 Å². The van der Waals surface area contributed by atoms with Crippen LogP contribution in [0.5, 0.6) is 0 Å². The number of benzene rings is 1. The molecule has 76 valence electrons. The highest BCUT2D eigenvalue weighted by atomic mass is 19.1. The smallest absolute Gasteiger partial charge is 0.134 e. The zero-order chi connectivity index (χ0) is 10.3. The number of hydrogen-bond acceptors (Lipinski definition) is 1. The van der Waals surface area contributed by atoms with Crippen molar-refractivity contribution in [2.24, 2.45) is 5.73 Å². The molecule has 3 heteroatoms. The molecule has 2 rings (SSSR count). The first-order valence-corrected chi connectivity index (χ1v) is 4.85. The molecule has 0 aromatic heterocycles. The van der Waals surface area contributed by atoms with Crippen molar-refractivity contribution in [2.45, 2.75) is 31.7 Å².